The van der Waals surface area contributed by atoms with Gasteiger partial charge in [0.15, 0.2) is 0 Å². The van der Waals surface area contributed by atoms with Gasteiger partial charge < -0.3 is 0 Å². The van der Waals surface area contributed by atoms with Gasteiger partial charge in [-0.25, -0.2) is 0 Å². The molecule has 3 heteroatoms. The zero-order valence-electron chi connectivity index (χ0n) is 18.8. The first-order valence-corrected chi connectivity index (χ1v) is 13.7. The second-order valence-electron chi connectivity index (χ2n) is 7.05. The number of rotatable bonds is 8. The maximum atomic E-state index is 6.59. The predicted molar refractivity (Wildman–Crippen MR) is 153 cm³/mol. The summed E-state index contributed by atoms with van der Waals surface area (Å²) >= 11 is 9.07. The van der Waals surface area contributed by atoms with Crippen LogP contribution in [0.15, 0.2) is 57.5 Å². The van der Waals surface area contributed by atoms with Gasteiger partial charge in [0.05, 0.1) is 0 Å². The van der Waals surface area contributed by atoms with Crippen LogP contribution in [-0.4, -0.2) is 0 Å². The molecular weight excluding hydrogens is 623 g/mol. The molecule has 2 aromatic rings. The van der Waals surface area contributed by atoms with E-state index < -0.39 is 0 Å². The van der Waals surface area contributed by atoms with Crippen LogP contribution in [0.1, 0.15) is 83.6 Å². The van der Waals surface area contributed by atoms with Crippen LogP contribution in [0.5, 0.6) is 0 Å². The van der Waals surface area contributed by atoms with Crippen LogP contribution in [0.4, 0.5) is 0 Å². The van der Waals surface area contributed by atoms with Crippen molar-refractivity contribution in [1.29, 1.82) is 0 Å². The van der Waals surface area contributed by atoms with Gasteiger partial charge in [-0.1, -0.05) is 82.0 Å². The molecule has 0 spiro atoms. The molecule has 0 aliphatic heterocycles. The summed E-state index contributed by atoms with van der Waals surface area (Å²) in [5.41, 5.74) is 1.10. The van der Waals surface area contributed by atoms with Crippen molar-refractivity contribution in [2.45, 2.75) is 78.1 Å². The Balaban J connectivity index is 0.000000477. The minimum atomic E-state index is 0.847. The monoisotopic (exact) mass is 655 g/mol. The second-order valence-corrected chi connectivity index (χ2v) is 10.1. The van der Waals surface area contributed by atoms with Crippen LogP contribution in [0.25, 0.3) is 0 Å². The first-order chi connectivity index (χ1) is 15.0. The maximum absolute atomic E-state index is 6.59. The van der Waals surface area contributed by atoms with E-state index in [-0.39, 0.29) is 0 Å². The molecule has 0 nitrogen and oxygen atoms in total. The Morgan fingerprint density at radius 1 is 0.774 bits per heavy atom. The van der Waals surface area contributed by atoms with Gasteiger partial charge in [0, 0.05) is 24.5 Å². The normalized spacial score (nSPS) is 9.26. The van der Waals surface area contributed by atoms with Gasteiger partial charge in [0.25, 0.3) is 0 Å². The van der Waals surface area contributed by atoms with Crippen molar-refractivity contribution in [2.75, 3.05) is 0 Å². The molecule has 0 aromatic heterocycles. The topological polar surface area (TPSA) is 0 Å². The Kier molecular flexibility index (Phi) is 22.3. The van der Waals surface area contributed by atoms with Crippen molar-refractivity contribution in [3.8, 4) is 17.8 Å². The van der Waals surface area contributed by atoms with E-state index in [0.29, 0.717) is 0 Å². The molecule has 31 heavy (non-hydrogen) atoms. The molecule has 166 valence electrons. The quantitative estimate of drug-likeness (QED) is 0.115. The summed E-state index contributed by atoms with van der Waals surface area (Å²) in [6.07, 6.45) is 18.6. The second kappa shape index (κ2) is 22.7. The van der Waals surface area contributed by atoms with Gasteiger partial charge in [0.1, 0.15) is 0 Å². The first kappa shape index (κ1) is 30.5. The standard InChI is InChI=1S/C14H17Br.C8H13.C6H4BrI/c1-2-3-4-5-6-7-9-13-10-8-11-14(15)12-13;1-3-5-7-8-6-4-2;7-5-2-1-3-6(8)4-5/h8,10-12H,2-6H2,1H3;3,5-8H2,1H3;1-4H/q;+1;. The minimum absolute atomic E-state index is 0.847. The van der Waals surface area contributed by atoms with Gasteiger partial charge >= 0.3 is 51.4 Å². The zero-order valence-corrected chi connectivity index (χ0v) is 24.2. The molecule has 0 bridgehead atoms. The van der Waals surface area contributed by atoms with Gasteiger partial charge in [-0.2, -0.15) is 0 Å². The average Bonchev–Trinajstić information content (AvgIpc) is 2.75. The number of halogens is 3. The summed E-state index contributed by atoms with van der Waals surface area (Å²) in [5, 5.41) is 0. The van der Waals surface area contributed by atoms with Crippen molar-refractivity contribution in [2.24, 2.45) is 0 Å². The molecule has 0 aliphatic rings. The Morgan fingerprint density at radius 2 is 1.35 bits per heavy atom. The van der Waals surface area contributed by atoms with E-state index in [1.54, 1.807) is 0 Å². The molecule has 0 saturated carbocycles. The Labute approximate surface area is 221 Å². The Morgan fingerprint density at radius 3 is 1.84 bits per heavy atom. The summed E-state index contributed by atoms with van der Waals surface area (Å²) in [6, 6.07) is 16.3. The molecule has 2 rings (SSSR count). The summed E-state index contributed by atoms with van der Waals surface area (Å²) in [6.45, 7) is 4.42. The van der Waals surface area contributed by atoms with Crippen molar-refractivity contribution in [3.63, 3.8) is 0 Å². The molecule has 0 N–H and O–H groups in total. The van der Waals surface area contributed by atoms with Gasteiger partial charge in [-0.3, -0.25) is 0 Å². The summed E-state index contributed by atoms with van der Waals surface area (Å²) < 4.78 is 3.50. The molecule has 0 heterocycles. The van der Waals surface area contributed by atoms with Gasteiger partial charge in [0.2, 0.25) is 0 Å². The number of hydrogen-bond donors (Lipinski definition) is 0. The number of unbranched alkanes of at least 4 members (excludes halogenated alkanes) is 8. The van der Waals surface area contributed by atoms with E-state index in [1.807, 2.05) is 30.3 Å². The fourth-order valence-electron chi connectivity index (χ4n) is 2.47. The number of benzene rings is 2. The van der Waals surface area contributed by atoms with E-state index in [1.165, 1.54) is 48.5 Å². The van der Waals surface area contributed by atoms with Crippen LogP contribution >= 0.6 is 54.5 Å². The van der Waals surface area contributed by atoms with E-state index in [4.69, 9.17) is 6.42 Å². The van der Waals surface area contributed by atoms with Crippen molar-refractivity contribution < 1.29 is 0 Å². The molecular formula is C28H34Br2I+. The molecule has 0 aliphatic carbocycles. The van der Waals surface area contributed by atoms with E-state index >= 15 is 0 Å². The van der Waals surface area contributed by atoms with Crippen LogP contribution in [0.2, 0.25) is 0 Å². The van der Waals surface area contributed by atoms with Crippen molar-refractivity contribution in [3.05, 3.63) is 73.0 Å². The first-order valence-electron chi connectivity index (χ1n) is 11.1. The molecule has 0 atom stereocenters. The van der Waals surface area contributed by atoms with Gasteiger partial charge in [-0.15, -0.1) is 0 Å². The van der Waals surface area contributed by atoms with Crippen LogP contribution in [0, 0.1) is 27.8 Å². The Bertz CT molecular complexity index is 779. The predicted octanol–water partition coefficient (Wildman–Crippen LogP) is 10.4. The van der Waals surface area contributed by atoms with Gasteiger partial charge in [-0.05, 0) is 65.4 Å². The fraction of sp³-hybridized carbons (Fsp3) is 0.429. The number of hydrogen-bond acceptors (Lipinski definition) is 0. The third-order valence-corrected chi connectivity index (χ3v) is 5.81. The SMILES string of the molecule is Brc1cccc(I)c1.CCCCCCC#Cc1cccc(Br)c1.[C+]#CCCCCCC. The molecule has 0 unspecified atom stereocenters. The average molecular weight is 657 g/mol. The molecule has 0 fully saturated rings. The van der Waals surface area contributed by atoms with Crippen LogP contribution in [-0.2, 0) is 0 Å². The third kappa shape index (κ3) is 21.1. The van der Waals surface area contributed by atoms with E-state index in [2.05, 4.69) is 104 Å². The summed E-state index contributed by atoms with van der Waals surface area (Å²) in [5.74, 6) is 8.78. The van der Waals surface area contributed by atoms with Crippen molar-refractivity contribution >= 4 is 54.5 Å². The molecule has 0 amide bonds. The van der Waals surface area contributed by atoms with Crippen LogP contribution < -0.4 is 0 Å². The van der Waals surface area contributed by atoms with E-state index in [9.17, 15) is 0 Å². The van der Waals surface area contributed by atoms with Crippen molar-refractivity contribution in [1.82, 2.24) is 0 Å². The molecule has 0 saturated heterocycles. The zero-order chi connectivity index (χ0) is 23.2. The summed E-state index contributed by atoms with van der Waals surface area (Å²) in [7, 11) is 0. The fourth-order valence-corrected chi connectivity index (χ4v) is 4.24. The Hall–Kier alpha value is -0.530. The molecule has 2 aromatic carbocycles. The molecule has 0 radical (unpaired) electrons. The van der Waals surface area contributed by atoms with Crippen LogP contribution in [0.3, 0.4) is 0 Å². The van der Waals surface area contributed by atoms with E-state index in [0.717, 1.165) is 33.8 Å². The third-order valence-electron chi connectivity index (χ3n) is 4.15. The summed E-state index contributed by atoms with van der Waals surface area (Å²) in [4.78, 5) is 0.